The number of ether oxygens (including phenoxy) is 2. The van der Waals surface area contributed by atoms with Crippen molar-refractivity contribution in [1.82, 2.24) is 0 Å². The van der Waals surface area contributed by atoms with E-state index in [2.05, 4.69) is 15.0 Å². The minimum Gasteiger partial charge on any atom is -0.494 e. The van der Waals surface area contributed by atoms with E-state index in [1.165, 1.54) is 18.2 Å². The molecule has 11 nitrogen and oxygen atoms in total. The van der Waals surface area contributed by atoms with Gasteiger partial charge in [0.2, 0.25) is 11.4 Å². The summed E-state index contributed by atoms with van der Waals surface area (Å²) < 4.78 is 37.8. The fourth-order valence-corrected chi connectivity index (χ4v) is 5.60. The number of aliphatic hydroxyl groups is 1. The molecule has 0 unspecified atom stereocenters. The van der Waals surface area contributed by atoms with Gasteiger partial charge < -0.3 is 19.7 Å². The number of azide groups is 1. The number of carboxylic acids is 1. The number of benzene rings is 3. The van der Waals surface area contributed by atoms with Crippen LogP contribution in [0.5, 0.6) is 5.75 Å². The standard InChI is InChI=1S/C27H26N4O7S/c28-31-30-23-10-5-4-9-22(23)24-27(26(33)34,15-18-39(35,36)21-7-2-1-3-8-21)29-25(38-24)19-11-13-20(14-12-19)37-17-6-16-32/h1-5,7-14,24,32H,6,15-18H2,(H,33,34)/t24-,27-/m0/s1. The van der Waals surface area contributed by atoms with Crippen molar-refractivity contribution in [2.75, 3.05) is 19.0 Å². The molecular formula is C27H26N4O7S. The Hall–Kier alpha value is -4.38. The SMILES string of the molecule is [N-]=[N+]=Nc1ccccc1[C@@H]1OC(c2ccc(OCCCO)cc2)=N[C@]1(CCS(=O)(=O)c1ccccc1)C(=O)O. The Morgan fingerprint density at radius 2 is 1.77 bits per heavy atom. The molecule has 0 saturated carbocycles. The number of hydrogen-bond acceptors (Lipinski definition) is 8. The van der Waals surface area contributed by atoms with Crippen LogP contribution in [0.4, 0.5) is 5.69 Å². The molecule has 0 radical (unpaired) electrons. The summed E-state index contributed by atoms with van der Waals surface area (Å²) in [6.45, 7) is 0.322. The second-order valence-corrected chi connectivity index (χ2v) is 10.8. The summed E-state index contributed by atoms with van der Waals surface area (Å²) in [6.07, 6.45) is -1.21. The van der Waals surface area contributed by atoms with Gasteiger partial charge in [0.15, 0.2) is 15.9 Å². The molecule has 0 amide bonds. The van der Waals surface area contributed by atoms with Gasteiger partial charge in [0.05, 0.1) is 17.3 Å². The first-order valence-corrected chi connectivity index (χ1v) is 13.7. The van der Waals surface area contributed by atoms with Gasteiger partial charge in [-0.3, -0.25) is 0 Å². The van der Waals surface area contributed by atoms with E-state index in [0.717, 1.165) is 0 Å². The molecule has 1 heterocycles. The first-order chi connectivity index (χ1) is 18.8. The van der Waals surface area contributed by atoms with Crippen LogP contribution in [0, 0.1) is 0 Å². The van der Waals surface area contributed by atoms with Crippen molar-refractivity contribution in [1.29, 1.82) is 0 Å². The highest BCUT2D eigenvalue weighted by Gasteiger charge is 2.54. The van der Waals surface area contributed by atoms with E-state index >= 15 is 0 Å². The minimum absolute atomic E-state index is 0.00129. The molecule has 0 spiro atoms. The molecule has 4 rings (SSSR count). The largest absolute Gasteiger partial charge is 0.494 e. The minimum atomic E-state index is -3.85. The number of hydrogen-bond donors (Lipinski definition) is 2. The van der Waals surface area contributed by atoms with Crippen LogP contribution in [0.1, 0.15) is 30.1 Å². The molecule has 202 valence electrons. The van der Waals surface area contributed by atoms with Crippen LogP contribution >= 0.6 is 0 Å². The van der Waals surface area contributed by atoms with Gasteiger partial charge >= 0.3 is 5.97 Å². The van der Waals surface area contributed by atoms with E-state index < -0.39 is 39.6 Å². The predicted octanol–water partition coefficient (Wildman–Crippen LogP) is 4.60. The number of carbonyl (C=O) groups is 1. The molecule has 12 heteroatoms. The molecule has 0 fully saturated rings. The molecule has 2 atom stereocenters. The third-order valence-corrected chi connectivity index (χ3v) is 7.96. The monoisotopic (exact) mass is 550 g/mol. The van der Waals surface area contributed by atoms with Gasteiger partial charge in [-0.05, 0) is 41.9 Å². The van der Waals surface area contributed by atoms with Crippen LogP contribution in [0.2, 0.25) is 0 Å². The van der Waals surface area contributed by atoms with Crippen LogP contribution in [-0.4, -0.2) is 55.0 Å². The van der Waals surface area contributed by atoms with Crippen LogP contribution in [0.15, 0.2) is 93.9 Å². The Labute approximate surface area is 224 Å². The topological polar surface area (TPSA) is 171 Å². The van der Waals surface area contributed by atoms with Crippen molar-refractivity contribution in [3.8, 4) is 5.75 Å². The molecule has 1 aliphatic heterocycles. The highest BCUT2D eigenvalue weighted by atomic mass is 32.2. The Bertz CT molecular complexity index is 1500. The summed E-state index contributed by atoms with van der Waals surface area (Å²) in [7, 11) is -3.85. The van der Waals surface area contributed by atoms with Crippen molar-refractivity contribution in [3.63, 3.8) is 0 Å². The normalized spacial score (nSPS) is 18.5. The summed E-state index contributed by atoms with van der Waals surface area (Å²) >= 11 is 0. The second kappa shape index (κ2) is 12.0. The second-order valence-electron chi connectivity index (χ2n) is 8.72. The third kappa shape index (κ3) is 6.04. The maximum absolute atomic E-state index is 13.1. The number of carboxylic acid groups (broad SMARTS) is 1. The number of rotatable bonds is 12. The molecule has 0 aromatic heterocycles. The van der Waals surface area contributed by atoms with Crippen molar-refractivity contribution in [3.05, 3.63) is 100 Å². The molecule has 0 bridgehead atoms. The Balaban J connectivity index is 1.75. The van der Waals surface area contributed by atoms with Crippen LogP contribution in [0.3, 0.4) is 0 Å². The number of sulfone groups is 1. The van der Waals surface area contributed by atoms with Crippen molar-refractivity contribution < 1.29 is 32.9 Å². The maximum Gasteiger partial charge on any atom is 0.336 e. The Morgan fingerprint density at radius 1 is 1.08 bits per heavy atom. The molecule has 2 N–H and O–H groups in total. The van der Waals surface area contributed by atoms with E-state index in [4.69, 9.17) is 20.1 Å². The molecule has 3 aromatic carbocycles. The van der Waals surface area contributed by atoms with Gasteiger partial charge in [0, 0.05) is 41.2 Å². The van der Waals surface area contributed by atoms with Gasteiger partial charge in [-0.15, -0.1) is 0 Å². The zero-order valence-electron chi connectivity index (χ0n) is 20.8. The van der Waals surface area contributed by atoms with E-state index in [0.29, 0.717) is 24.3 Å². The fraction of sp³-hybridized carbons (Fsp3) is 0.259. The van der Waals surface area contributed by atoms with Crippen LogP contribution in [0.25, 0.3) is 10.4 Å². The lowest BCUT2D eigenvalue weighted by Gasteiger charge is -2.28. The Kier molecular flexibility index (Phi) is 8.50. The summed E-state index contributed by atoms with van der Waals surface area (Å²) in [5.74, 6) is -1.36. The maximum atomic E-state index is 13.1. The van der Waals surface area contributed by atoms with E-state index in [1.54, 1.807) is 60.7 Å². The summed E-state index contributed by atoms with van der Waals surface area (Å²) in [5.41, 5.74) is 7.88. The molecule has 39 heavy (non-hydrogen) atoms. The predicted molar refractivity (Wildman–Crippen MR) is 143 cm³/mol. The number of aliphatic hydroxyl groups excluding tert-OH is 1. The molecule has 1 aliphatic rings. The number of nitrogens with zero attached hydrogens (tertiary/aromatic N) is 4. The highest BCUT2D eigenvalue weighted by molar-refractivity contribution is 7.91. The van der Waals surface area contributed by atoms with E-state index in [1.807, 2.05) is 0 Å². The lowest BCUT2D eigenvalue weighted by Crippen LogP contribution is -2.42. The first kappa shape index (κ1) is 27.6. The lowest BCUT2D eigenvalue weighted by atomic mass is 9.85. The average molecular weight is 551 g/mol. The van der Waals surface area contributed by atoms with E-state index in [9.17, 15) is 18.3 Å². The van der Waals surface area contributed by atoms with Gasteiger partial charge in [0.1, 0.15) is 5.75 Å². The first-order valence-electron chi connectivity index (χ1n) is 12.1. The van der Waals surface area contributed by atoms with Gasteiger partial charge in [-0.2, -0.15) is 0 Å². The number of aliphatic imine (C=N–C) groups is 1. The summed E-state index contributed by atoms with van der Waals surface area (Å²) in [6, 6.07) is 20.7. The van der Waals surface area contributed by atoms with Crippen molar-refractivity contribution in [2.45, 2.75) is 29.4 Å². The number of aliphatic carboxylic acids is 1. The van der Waals surface area contributed by atoms with Crippen LogP contribution < -0.4 is 4.74 Å². The summed E-state index contributed by atoms with van der Waals surface area (Å²) in [5, 5.41) is 23.1. The highest BCUT2D eigenvalue weighted by Crippen LogP contribution is 2.45. The molecular weight excluding hydrogens is 524 g/mol. The quantitative estimate of drug-likeness (QED) is 0.144. The zero-order chi connectivity index (χ0) is 27.9. The fourth-order valence-electron chi connectivity index (χ4n) is 4.21. The average Bonchev–Trinajstić information content (AvgIpc) is 3.34. The van der Waals surface area contributed by atoms with Gasteiger partial charge in [-0.1, -0.05) is 47.6 Å². The van der Waals surface area contributed by atoms with E-state index in [-0.39, 0.29) is 28.7 Å². The van der Waals surface area contributed by atoms with Gasteiger partial charge in [0.25, 0.3) is 0 Å². The van der Waals surface area contributed by atoms with Crippen molar-refractivity contribution >= 4 is 27.4 Å². The molecule has 0 saturated heterocycles. The van der Waals surface area contributed by atoms with Crippen molar-refractivity contribution in [2.24, 2.45) is 10.1 Å². The smallest absolute Gasteiger partial charge is 0.336 e. The van der Waals surface area contributed by atoms with Crippen LogP contribution in [-0.2, 0) is 19.4 Å². The van der Waals surface area contributed by atoms with Gasteiger partial charge in [-0.25, -0.2) is 18.2 Å². The Morgan fingerprint density at radius 3 is 2.44 bits per heavy atom. The third-order valence-electron chi connectivity index (χ3n) is 6.23. The summed E-state index contributed by atoms with van der Waals surface area (Å²) in [4.78, 5) is 20.3. The molecule has 3 aromatic rings. The molecule has 0 aliphatic carbocycles. The zero-order valence-corrected chi connectivity index (χ0v) is 21.6. The lowest BCUT2D eigenvalue weighted by molar-refractivity contribution is -0.146.